The Labute approximate surface area is 140 Å². The molecule has 1 unspecified atom stereocenters. The molecule has 2 rings (SSSR count). The van der Waals surface area contributed by atoms with Gasteiger partial charge in [0.05, 0.1) is 19.9 Å². The maximum Gasteiger partial charge on any atom is 0.156 e. The Hall–Kier alpha value is -1.81. The number of methoxy groups -OCH3 is 1. The minimum absolute atomic E-state index is 0.0247. The maximum absolute atomic E-state index is 9.50. The van der Waals surface area contributed by atoms with Gasteiger partial charge in [0.1, 0.15) is 11.8 Å². The van der Waals surface area contributed by atoms with Crippen LogP contribution in [-0.2, 0) is 11.2 Å². The fourth-order valence-corrected chi connectivity index (χ4v) is 1.79. The molecular weight excluding hydrogens is 319 g/mol. The third kappa shape index (κ3) is 8.16. The predicted molar refractivity (Wildman–Crippen MR) is 89.2 cm³/mol. The summed E-state index contributed by atoms with van der Waals surface area (Å²) < 4.78 is 16.4. The van der Waals surface area contributed by atoms with Gasteiger partial charge in [-0.3, -0.25) is 4.39 Å². The van der Waals surface area contributed by atoms with Gasteiger partial charge in [-0.1, -0.05) is 0 Å². The molecule has 9 heteroatoms. The summed E-state index contributed by atoms with van der Waals surface area (Å²) in [7, 11) is 2.09. The van der Waals surface area contributed by atoms with Crippen molar-refractivity contribution in [2.75, 3.05) is 26.6 Å². The highest BCUT2D eigenvalue weighted by atomic mass is 19.1. The first kappa shape index (κ1) is 22.2. The van der Waals surface area contributed by atoms with E-state index in [0.29, 0.717) is 13.0 Å². The number of nitrogens with zero attached hydrogens (tertiary/aromatic N) is 3. The zero-order valence-electron chi connectivity index (χ0n) is 14.5. The number of nitrogens with two attached hydrogens (primary N) is 1. The molecule has 0 aliphatic heterocycles. The minimum atomic E-state index is -1.50. The second-order valence-corrected chi connectivity index (χ2v) is 5.34. The van der Waals surface area contributed by atoms with Crippen molar-refractivity contribution in [3.8, 4) is 0 Å². The Balaban J connectivity index is 0.000000650. The summed E-state index contributed by atoms with van der Waals surface area (Å²) in [5.41, 5.74) is 7.58. The maximum atomic E-state index is 9.50. The lowest BCUT2D eigenvalue weighted by atomic mass is 10.1. The van der Waals surface area contributed by atoms with Gasteiger partial charge in [0.25, 0.3) is 0 Å². The van der Waals surface area contributed by atoms with Crippen molar-refractivity contribution in [1.29, 1.82) is 0 Å². The average Bonchev–Trinajstić information content (AvgIpc) is 2.93. The summed E-state index contributed by atoms with van der Waals surface area (Å²) in [6.45, 7) is 2.62. The van der Waals surface area contributed by atoms with E-state index >= 15 is 0 Å². The molecule has 24 heavy (non-hydrogen) atoms. The molecule has 0 aliphatic carbocycles. The van der Waals surface area contributed by atoms with E-state index in [9.17, 15) is 4.39 Å². The number of rotatable bonds is 5. The molecule has 1 atom stereocenters. The Morgan fingerprint density at radius 1 is 1.33 bits per heavy atom. The normalized spacial score (nSPS) is 12.0. The van der Waals surface area contributed by atoms with E-state index in [1.807, 2.05) is 12.1 Å². The van der Waals surface area contributed by atoms with Crippen molar-refractivity contribution in [3.05, 3.63) is 24.2 Å². The van der Waals surface area contributed by atoms with Crippen LogP contribution in [0.2, 0.25) is 0 Å². The minimum Gasteiger partial charge on any atom is -0.394 e. The summed E-state index contributed by atoms with van der Waals surface area (Å²) >= 11 is 0. The van der Waals surface area contributed by atoms with Gasteiger partial charge in [0, 0.05) is 12.8 Å². The average molecular weight is 346 g/mol. The van der Waals surface area contributed by atoms with E-state index in [2.05, 4.69) is 10.1 Å². The molecule has 2 heterocycles. The molecule has 5 N–H and O–H groups in total. The quantitative estimate of drug-likeness (QED) is 0.582. The highest BCUT2D eigenvalue weighted by molar-refractivity contribution is 5.65. The first-order valence-corrected chi connectivity index (χ1v) is 7.29. The van der Waals surface area contributed by atoms with Crippen LogP contribution in [0.5, 0.6) is 0 Å². The van der Waals surface area contributed by atoms with Crippen molar-refractivity contribution in [3.63, 3.8) is 0 Å². The fraction of sp³-hybridized carbons (Fsp3) is 0.600. The number of aryl methyl sites for hydroxylation is 1. The standard InChI is InChI=1S/C11H16N4O2.C3H8O2.CH3F/c1-17-9(6-16)4-2-8-3-5-10-11(12)13-7-14-15(8)10;1-3(2,4)5;1-2/h3,5,7,9,16H,2,4,6H2,1H3,(H2,12,13,14);4-5H,1-2H3;1H3. The summed E-state index contributed by atoms with van der Waals surface area (Å²) in [5, 5.41) is 29.3. The first-order chi connectivity index (χ1) is 11.3. The molecule has 0 aromatic carbocycles. The lowest BCUT2D eigenvalue weighted by molar-refractivity contribution is -0.127. The number of aliphatic hydroxyl groups is 3. The molecule has 0 amide bonds. The van der Waals surface area contributed by atoms with Crippen molar-refractivity contribution < 1.29 is 24.4 Å². The van der Waals surface area contributed by atoms with Crippen molar-refractivity contribution in [2.24, 2.45) is 0 Å². The highest BCUT2D eigenvalue weighted by Gasteiger charge is 2.10. The molecule has 0 saturated carbocycles. The van der Waals surface area contributed by atoms with E-state index in [4.69, 9.17) is 25.8 Å². The van der Waals surface area contributed by atoms with Crippen LogP contribution in [0.4, 0.5) is 10.2 Å². The summed E-state index contributed by atoms with van der Waals surface area (Å²) in [6, 6.07) is 3.86. The van der Waals surface area contributed by atoms with Gasteiger partial charge in [-0.05, 0) is 38.8 Å². The molecule has 0 radical (unpaired) electrons. The number of hydrogen-bond acceptors (Lipinski definition) is 7. The zero-order chi connectivity index (χ0) is 18.8. The fourth-order valence-electron chi connectivity index (χ4n) is 1.79. The number of aromatic nitrogens is 3. The number of nitrogen functional groups attached to an aromatic ring is 1. The second-order valence-electron chi connectivity index (χ2n) is 5.34. The van der Waals surface area contributed by atoms with Crippen molar-refractivity contribution in [1.82, 2.24) is 14.6 Å². The molecule has 138 valence electrons. The topological polar surface area (TPSA) is 126 Å². The molecule has 8 nitrogen and oxygen atoms in total. The Morgan fingerprint density at radius 3 is 2.42 bits per heavy atom. The molecule has 0 fully saturated rings. The summed E-state index contributed by atoms with van der Waals surface area (Å²) in [6.07, 6.45) is 2.80. The second kappa shape index (κ2) is 10.9. The van der Waals surface area contributed by atoms with Gasteiger partial charge in [0.15, 0.2) is 11.6 Å². The highest BCUT2D eigenvalue weighted by Crippen LogP contribution is 2.15. The van der Waals surface area contributed by atoms with Crippen LogP contribution in [-0.4, -0.2) is 62.7 Å². The van der Waals surface area contributed by atoms with Crippen LogP contribution >= 0.6 is 0 Å². The van der Waals surface area contributed by atoms with Crippen molar-refractivity contribution >= 4 is 11.3 Å². The first-order valence-electron chi connectivity index (χ1n) is 7.29. The number of anilines is 1. The Morgan fingerprint density at radius 2 is 1.92 bits per heavy atom. The molecule has 2 aromatic heterocycles. The smallest absolute Gasteiger partial charge is 0.156 e. The van der Waals surface area contributed by atoms with Crippen LogP contribution in [0.25, 0.3) is 5.52 Å². The van der Waals surface area contributed by atoms with Gasteiger partial charge in [-0.2, -0.15) is 5.10 Å². The van der Waals surface area contributed by atoms with Crippen LogP contribution < -0.4 is 5.73 Å². The summed E-state index contributed by atoms with van der Waals surface area (Å²) in [4.78, 5) is 3.93. The predicted octanol–water partition coefficient (Wildman–Crippen LogP) is 0.544. The number of ether oxygens (including phenoxy) is 1. The molecule has 0 bridgehead atoms. The SMILES string of the molecule is CC(C)(O)O.CF.COC(CO)CCc1ccc2c(N)ncnn12. The van der Waals surface area contributed by atoms with Crippen molar-refractivity contribution in [2.45, 2.75) is 38.6 Å². The van der Waals surface area contributed by atoms with Crippen LogP contribution in [0.3, 0.4) is 0 Å². The van der Waals surface area contributed by atoms with E-state index < -0.39 is 5.79 Å². The monoisotopic (exact) mass is 346 g/mol. The molecule has 2 aromatic rings. The van der Waals surface area contributed by atoms with E-state index in [-0.39, 0.29) is 12.7 Å². The number of halogens is 1. The Kier molecular flexibility index (Phi) is 10.0. The number of fused-ring (bicyclic) bond motifs is 1. The number of aliphatic hydroxyl groups excluding tert-OH is 1. The number of alkyl halides is 1. The molecular formula is C15H27FN4O4. The molecule has 0 aliphatic rings. The zero-order valence-corrected chi connectivity index (χ0v) is 14.5. The van der Waals surface area contributed by atoms with Gasteiger partial charge in [-0.15, -0.1) is 0 Å². The summed E-state index contributed by atoms with van der Waals surface area (Å²) in [5.74, 6) is -1.03. The largest absolute Gasteiger partial charge is 0.394 e. The van der Waals surface area contributed by atoms with E-state index in [1.54, 1.807) is 11.6 Å². The lowest BCUT2D eigenvalue weighted by Crippen LogP contribution is -2.16. The third-order valence-electron chi connectivity index (χ3n) is 2.82. The molecule has 0 saturated heterocycles. The molecule has 0 spiro atoms. The van der Waals surface area contributed by atoms with Crippen LogP contribution in [0, 0.1) is 0 Å². The van der Waals surface area contributed by atoms with Gasteiger partial charge in [-0.25, -0.2) is 9.50 Å². The van der Waals surface area contributed by atoms with Crippen LogP contribution in [0.15, 0.2) is 18.5 Å². The van der Waals surface area contributed by atoms with Crippen LogP contribution in [0.1, 0.15) is 26.0 Å². The van der Waals surface area contributed by atoms with E-state index in [1.165, 1.54) is 20.2 Å². The van der Waals surface area contributed by atoms with Gasteiger partial charge in [0.2, 0.25) is 0 Å². The van der Waals surface area contributed by atoms with Gasteiger partial charge >= 0.3 is 0 Å². The Bertz CT molecular complexity index is 576. The van der Waals surface area contributed by atoms with Gasteiger partial charge < -0.3 is 25.8 Å². The van der Waals surface area contributed by atoms with E-state index in [0.717, 1.165) is 24.1 Å². The lowest BCUT2D eigenvalue weighted by Gasteiger charge is -2.11. The third-order valence-corrected chi connectivity index (χ3v) is 2.82. The number of hydrogen-bond donors (Lipinski definition) is 4.